The number of rotatable bonds is 4. The predicted octanol–water partition coefficient (Wildman–Crippen LogP) is 4.61. The summed E-state index contributed by atoms with van der Waals surface area (Å²) in [7, 11) is -1.34. The number of hydrogen-bond donors (Lipinski definition) is 0. The van der Waals surface area contributed by atoms with Gasteiger partial charge in [0.2, 0.25) is 13.3 Å². The summed E-state index contributed by atoms with van der Waals surface area (Å²) in [5, 5.41) is 2.80. The Morgan fingerprint density at radius 3 is 2.80 bits per heavy atom. The Morgan fingerprint density at radius 2 is 2.00 bits per heavy atom. The van der Waals surface area contributed by atoms with Gasteiger partial charge in [0, 0.05) is 41.9 Å². The zero-order chi connectivity index (χ0) is 17.4. The van der Waals surface area contributed by atoms with E-state index in [4.69, 9.17) is 8.94 Å². The molecule has 0 spiro atoms. The Labute approximate surface area is 145 Å². The lowest BCUT2D eigenvalue weighted by atomic mass is 10.1. The summed E-state index contributed by atoms with van der Waals surface area (Å²) in [5.74, 6) is 0.537. The van der Waals surface area contributed by atoms with Crippen molar-refractivity contribution in [3.8, 4) is 11.5 Å². The van der Waals surface area contributed by atoms with E-state index in [9.17, 15) is 4.57 Å². The molecule has 0 aliphatic rings. The van der Waals surface area contributed by atoms with Crippen LogP contribution < -0.4 is 5.30 Å². The van der Waals surface area contributed by atoms with Crippen LogP contribution in [0.2, 0.25) is 0 Å². The van der Waals surface area contributed by atoms with Crippen molar-refractivity contribution in [3.63, 3.8) is 0 Å². The second-order valence-corrected chi connectivity index (χ2v) is 8.64. The summed E-state index contributed by atoms with van der Waals surface area (Å²) in [4.78, 5) is 8.70. The molecule has 0 bridgehead atoms. The van der Waals surface area contributed by atoms with Gasteiger partial charge in [0.05, 0.1) is 0 Å². The Hall–Kier alpha value is -2.49. The highest BCUT2D eigenvalue weighted by Crippen LogP contribution is 2.44. The fourth-order valence-corrected chi connectivity index (χ4v) is 4.34. The summed E-state index contributed by atoms with van der Waals surface area (Å²) in [6.45, 7) is 1.85. The highest BCUT2D eigenvalue weighted by Gasteiger charge is 2.23. The Morgan fingerprint density at radius 1 is 1.12 bits per heavy atom. The minimum Gasteiger partial charge on any atom is -0.436 e. The van der Waals surface area contributed by atoms with Crippen molar-refractivity contribution >= 4 is 34.5 Å². The van der Waals surface area contributed by atoms with Gasteiger partial charge in [-0.15, -0.1) is 0 Å². The molecule has 1 unspecified atom stereocenters. The number of fused-ring (bicyclic) bond motifs is 2. The van der Waals surface area contributed by atoms with Crippen LogP contribution in [0.15, 0.2) is 59.3 Å². The van der Waals surface area contributed by atoms with E-state index in [0.29, 0.717) is 28.5 Å². The van der Waals surface area contributed by atoms with E-state index in [0.717, 1.165) is 16.3 Å². The van der Waals surface area contributed by atoms with E-state index in [1.807, 2.05) is 37.4 Å². The van der Waals surface area contributed by atoms with Crippen molar-refractivity contribution in [1.82, 2.24) is 9.97 Å². The quantitative estimate of drug-likeness (QED) is 0.502. The first kappa shape index (κ1) is 16.0. The lowest BCUT2D eigenvalue weighted by Crippen LogP contribution is -2.07. The topological polar surface area (TPSA) is 65.2 Å². The molecule has 0 aliphatic carbocycles. The van der Waals surface area contributed by atoms with Gasteiger partial charge < -0.3 is 8.94 Å². The van der Waals surface area contributed by atoms with Crippen molar-refractivity contribution < 1.29 is 13.5 Å². The minimum atomic E-state index is -2.82. The largest absolute Gasteiger partial charge is 0.436 e. The monoisotopic (exact) mass is 352 g/mol. The second kappa shape index (κ2) is 6.10. The first-order valence-corrected chi connectivity index (χ1v) is 9.84. The number of nitrogens with zero attached hydrogens (tertiary/aromatic N) is 2. The van der Waals surface area contributed by atoms with E-state index < -0.39 is 7.37 Å². The maximum absolute atomic E-state index is 12.7. The van der Waals surface area contributed by atoms with Gasteiger partial charge in [0.15, 0.2) is 5.58 Å². The zero-order valence-corrected chi connectivity index (χ0v) is 14.9. The number of oxazole rings is 1. The number of pyridine rings is 1. The molecule has 4 aromatic rings. The molecule has 0 saturated heterocycles. The molecule has 0 aliphatic heterocycles. The van der Waals surface area contributed by atoms with Gasteiger partial charge in [0.1, 0.15) is 5.52 Å². The van der Waals surface area contributed by atoms with Gasteiger partial charge in [0.25, 0.3) is 0 Å². The van der Waals surface area contributed by atoms with Crippen LogP contribution in [0.25, 0.3) is 33.3 Å². The lowest BCUT2D eigenvalue weighted by molar-refractivity contribution is 0.404. The number of hydrogen-bond acceptors (Lipinski definition) is 5. The smallest absolute Gasteiger partial charge is 0.231 e. The second-order valence-electron chi connectivity index (χ2n) is 5.78. The maximum atomic E-state index is 12.7. The lowest BCUT2D eigenvalue weighted by Gasteiger charge is -2.13. The van der Waals surface area contributed by atoms with E-state index >= 15 is 0 Å². The van der Waals surface area contributed by atoms with Gasteiger partial charge in [-0.2, -0.15) is 0 Å². The molecule has 6 heteroatoms. The maximum Gasteiger partial charge on any atom is 0.231 e. The molecule has 0 radical (unpaired) electrons. The van der Waals surface area contributed by atoms with Gasteiger partial charge >= 0.3 is 0 Å². The van der Waals surface area contributed by atoms with Crippen molar-refractivity contribution in [2.45, 2.75) is 6.92 Å². The van der Waals surface area contributed by atoms with Crippen LogP contribution in [0.5, 0.6) is 0 Å². The minimum absolute atomic E-state index is 0.443. The van der Waals surface area contributed by atoms with E-state index in [1.54, 1.807) is 24.4 Å². The average Bonchev–Trinajstić information content (AvgIpc) is 3.10. The summed E-state index contributed by atoms with van der Waals surface area (Å²) >= 11 is 0. The third kappa shape index (κ3) is 2.76. The summed E-state index contributed by atoms with van der Waals surface area (Å²) in [6.07, 6.45) is 4.03. The molecule has 4 rings (SSSR count). The summed E-state index contributed by atoms with van der Waals surface area (Å²) < 4.78 is 23.9. The van der Waals surface area contributed by atoms with Crippen LogP contribution >= 0.6 is 7.37 Å². The molecule has 5 nitrogen and oxygen atoms in total. The molecular weight excluding hydrogens is 335 g/mol. The van der Waals surface area contributed by atoms with Gasteiger partial charge in [-0.3, -0.25) is 9.55 Å². The molecule has 0 N–H and O–H groups in total. The highest BCUT2D eigenvalue weighted by atomic mass is 31.2. The van der Waals surface area contributed by atoms with E-state index in [-0.39, 0.29) is 0 Å². The van der Waals surface area contributed by atoms with Gasteiger partial charge in [-0.1, -0.05) is 13.0 Å². The Balaban J connectivity index is 1.81. The van der Waals surface area contributed by atoms with Gasteiger partial charge in [-0.25, -0.2) is 4.98 Å². The average molecular weight is 352 g/mol. The third-order valence-corrected chi connectivity index (χ3v) is 6.85. The zero-order valence-electron chi connectivity index (χ0n) is 14.0. The normalized spacial score (nSPS) is 14.0. The molecule has 2 aromatic carbocycles. The number of aromatic nitrogens is 2. The Kier molecular flexibility index (Phi) is 3.91. The van der Waals surface area contributed by atoms with Crippen LogP contribution in [0.1, 0.15) is 6.92 Å². The molecule has 0 fully saturated rings. The molecule has 0 saturated carbocycles. The van der Waals surface area contributed by atoms with Crippen molar-refractivity contribution in [1.29, 1.82) is 0 Å². The van der Waals surface area contributed by atoms with Crippen LogP contribution in [0, 0.1) is 0 Å². The number of benzene rings is 2. The first-order valence-electron chi connectivity index (χ1n) is 8.03. The fraction of sp³-hybridized carbons (Fsp3) is 0.158. The standard InChI is InChI=1S/C19H17N2O3P/c1-3-25(22,23-2)16-6-7-18-17(11-16)21-19(24-18)14-4-5-15-12-20-9-8-13(15)10-14/h4-12H,3H2,1-2H3. The van der Waals surface area contributed by atoms with Crippen LogP contribution in [-0.4, -0.2) is 23.2 Å². The van der Waals surface area contributed by atoms with Crippen LogP contribution in [-0.2, 0) is 9.09 Å². The molecule has 126 valence electrons. The predicted molar refractivity (Wildman–Crippen MR) is 99.5 cm³/mol. The molecule has 2 heterocycles. The molecule has 0 amide bonds. The molecule has 2 aromatic heterocycles. The summed E-state index contributed by atoms with van der Waals surface area (Å²) in [6, 6.07) is 13.3. The fourth-order valence-electron chi connectivity index (χ4n) is 2.88. The first-order chi connectivity index (χ1) is 12.1. The van der Waals surface area contributed by atoms with Gasteiger partial charge in [-0.05, 0) is 41.8 Å². The third-order valence-electron chi connectivity index (χ3n) is 4.36. The molecule has 1 atom stereocenters. The van der Waals surface area contributed by atoms with Crippen LogP contribution in [0.3, 0.4) is 0 Å². The van der Waals surface area contributed by atoms with Crippen molar-refractivity contribution in [2.75, 3.05) is 13.3 Å². The highest BCUT2D eigenvalue weighted by molar-refractivity contribution is 7.66. The van der Waals surface area contributed by atoms with Crippen molar-refractivity contribution in [2.24, 2.45) is 0 Å². The van der Waals surface area contributed by atoms with E-state index in [2.05, 4.69) is 9.97 Å². The van der Waals surface area contributed by atoms with E-state index in [1.165, 1.54) is 7.11 Å². The molecular formula is C19H17N2O3P. The van der Waals surface area contributed by atoms with Crippen LogP contribution in [0.4, 0.5) is 0 Å². The Bertz CT molecular complexity index is 1110. The van der Waals surface area contributed by atoms with Crippen molar-refractivity contribution in [3.05, 3.63) is 54.9 Å². The molecule has 25 heavy (non-hydrogen) atoms. The summed E-state index contributed by atoms with van der Waals surface area (Å²) in [5.41, 5.74) is 2.22. The SMILES string of the molecule is CCP(=O)(OC)c1ccc2oc(-c3ccc4cnccc4c3)nc2c1.